The van der Waals surface area contributed by atoms with Crippen molar-refractivity contribution in [2.45, 2.75) is 51.2 Å². The molecule has 0 bridgehead atoms. The van der Waals surface area contributed by atoms with E-state index in [-0.39, 0.29) is 0 Å². The van der Waals surface area contributed by atoms with E-state index in [0.29, 0.717) is 18.6 Å². The van der Waals surface area contributed by atoms with Crippen molar-refractivity contribution in [3.63, 3.8) is 0 Å². The second-order valence-corrected chi connectivity index (χ2v) is 8.08. The third-order valence-electron chi connectivity index (χ3n) is 5.82. The molecule has 28 heavy (non-hydrogen) atoms. The van der Waals surface area contributed by atoms with Gasteiger partial charge in [0.2, 0.25) is 0 Å². The first-order valence-corrected chi connectivity index (χ1v) is 10.6. The quantitative estimate of drug-likeness (QED) is 0.555. The van der Waals surface area contributed by atoms with Gasteiger partial charge in [-0.2, -0.15) is 0 Å². The minimum atomic E-state index is 0.326. The Balaban J connectivity index is 1.55. The highest BCUT2D eigenvalue weighted by Crippen LogP contribution is 2.30. The predicted molar refractivity (Wildman–Crippen MR) is 114 cm³/mol. The van der Waals surface area contributed by atoms with E-state index >= 15 is 0 Å². The van der Waals surface area contributed by atoms with Crippen LogP contribution in [-0.2, 0) is 6.54 Å². The maximum Gasteiger partial charge on any atom is 0.191 e. The van der Waals surface area contributed by atoms with Crippen LogP contribution >= 0.6 is 0 Å². The molecule has 1 aliphatic heterocycles. The molecule has 2 fully saturated rings. The maximum atomic E-state index is 6.30. The summed E-state index contributed by atoms with van der Waals surface area (Å²) < 4.78 is 11.7. The molecular formula is C22H36N4O2. The molecule has 1 aliphatic carbocycles. The molecule has 6 heteroatoms. The molecular weight excluding hydrogens is 352 g/mol. The monoisotopic (exact) mass is 388 g/mol. The van der Waals surface area contributed by atoms with Crippen LogP contribution in [0.1, 0.15) is 44.1 Å². The second-order valence-electron chi connectivity index (χ2n) is 8.08. The summed E-state index contributed by atoms with van der Waals surface area (Å²) in [5.74, 6) is 3.28. The average Bonchev–Trinajstić information content (AvgIpc) is 3.22. The van der Waals surface area contributed by atoms with E-state index in [1.165, 1.54) is 32.2 Å². The lowest BCUT2D eigenvalue weighted by Crippen LogP contribution is -2.43. The third kappa shape index (κ3) is 6.03. The number of aliphatic imine (C=N–C) groups is 1. The van der Waals surface area contributed by atoms with Crippen LogP contribution < -0.4 is 20.1 Å². The fourth-order valence-corrected chi connectivity index (χ4v) is 4.18. The molecule has 3 rings (SSSR count). The van der Waals surface area contributed by atoms with E-state index < -0.39 is 0 Å². The average molecular weight is 389 g/mol. The molecule has 1 saturated carbocycles. The molecule has 0 radical (unpaired) electrons. The molecule has 0 aromatic heterocycles. The summed E-state index contributed by atoms with van der Waals surface area (Å²) in [4.78, 5) is 6.80. The SMILES string of the molecule is CN=C(NCc1ccc(OC)cc1OC1CCCC1)NCC1CCCN(C)C1. The molecule has 2 N–H and O–H groups in total. The van der Waals surface area contributed by atoms with Gasteiger partial charge in [0, 0.05) is 38.3 Å². The van der Waals surface area contributed by atoms with Crippen molar-refractivity contribution < 1.29 is 9.47 Å². The van der Waals surface area contributed by atoms with Crippen molar-refractivity contribution in [1.82, 2.24) is 15.5 Å². The first-order valence-electron chi connectivity index (χ1n) is 10.6. The Kier molecular flexibility index (Phi) is 7.83. The number of nitrogens with one attached hydrogen (secondary N) is 2. The molecule has 6 nitrogen and oxygen atoms in total. The van der Waals surface area contributed by atoms with Gasteiger partial charge >= 0.3 is 0 Å². The molecule has 0 spiro atoms. The fourth-order valence-electron chi connectivity index (χ4n) is 4.18. The zero-order valence-corrected chi connectivity index (χ0v) is 17.7. The zero-order valence-electron chi connectivity index (χ0n) is 17.7. The predicted octanol–water partition coefficient (Wildman–Crippen LogP) is 3.02. The number of hydrogen-bond donors (Lipinski definition) is 2. The number of methoxy groups -OCH3 is 1. The molecule has 1 heterocycles. The van der Waals surface area contributed by atoms with Gasteiger partial charge in [-0.05, 0) is 70.2 Å². The lowest BCUT2D eigenvalue weighted by Gasteiger charge is -2.30. The van der Waals surface area contributed by atoms with Gasteiger partial charge in [0.15, 0.2) is 5.96 Å². The normalized spacial score (nSPS) is 21.5. The van der Waals surface area contributed by atoms with Crippen LogP contribution in [0, 0.1) is 5.92 Å². The number of benzene rings is 1. The molecule has 1 unspecified atom stereocenters. The van der Waals surface area contributed by atoms with E-state index in [2.05, 4.69) is 33.6 Å². The lowest BCUT2D eigenvalue weighted by atomic mass is 9.99. The Bertz CT molecular complexity index is 643. The molecule has 0 amide bonds. The highest BCUT2D eigenvalue weighted by atomic mass is 16.5. The van der Waals surface area contributed by atoms with Crippen LogP contribution in [0.3, 0.4) is 0 Å². The Labute approximate surface area is 169 Å². The highest BCUT2D eigenvalue weighted by Gasteiger charge is 2.19. The standard InChI is InChI=1S/C22H36N4O2/c1-23-22(24-14-17-7-6-12-26(2)16-17)25-15-18-10-11-20(27-3)13-21(18)28-19-8-4-5-9-19/h10-11,13,17,19H,4-9,12,14-16H2,1-3H3,(H2,23,24,25). The number of piperidine rings is 1. The van der Waals surface area contributed by atoms with Crippen molar-refractivity contribution in [3.05, 3.63) is 23.8 Å². The van der Waals surface area contributed by atoms with E-state index in [9.17, 15) is 0 Å². The number of hydrogen-bond acceptors (Lipinski definition) is 4. The number of rotatable bonds is 7. The molecule has 1 atom stereocenters. The van der Waals surface area contributed by atoms with E-state index in [4.69, 9.17) is 9.47 Å². The smallest absolute Gasteiger partial charge is 0.191 e. The Morgan fingerprint density at radius 1 is 1.18 bits per heavy atom. The Morgan fingerprint density at radius 2 is 2.00 bits per heavy atom. The van der Waals surface area contributed by atoms with Crippen molar-refractivity contribution in [2.75, 3.05) is 40.8 Å². The highest BCUT2D eigenvalue weighted by molar-refractivity contribution is 5.79. The second kappa shape index (κ2) is 10.6. The summed E-state index contributed by atoms with van der Waals surface area (Å²) in [6.07, 6.45) is 7.69. The van der Waals surface area contributed by atoms with Gasteiger partial charge in [0.1, 0.15) is 11.5 Å². The number of likely N-dealkylation sites (tertiary alicyclic amines) is 1. The fraction of sp³-hybridized carbons (Fsp3) is 0.682. The zero-order chi connectivity index (χ0) is 19.8. The van der Waals surface area contributed by atoms with Gasteiger partial charge in [0.05, 0.1) is 13.2 Å². The van der Waals surface area contributed by atoms with Crippen LogP contribution in [-0.4, -0.2) is 57.8 Å². The summed E-state index contributed by atoms with van der Waals surface area (Å²) in [6, 6.07) is 6.08. The van der Waals surface area contributed by atoms with Crippen molar-refractivity contribution >= 4 is 5.96 Å². The minimum Gasteiger partial charge on any atom is -0.497 e. The minimum absolute atomic E-state index is 0.326. The molecule has 1 saturated heterocycles. The lowest BCUT2D eigenvalue weighted by molar-refractivity contribution is 0.207. The summed E-state index contributed by atoms with van der Waals surface area (Å²) in [7, 11) is 5.72. The van der Waals surface area contributed by atoms with Gasteiger partial charge in [-0.15, -0.1) is 0 Å². The van der Waals surface area contributed by atoms with Gasteiger partial charge in [-0.3, -0.25) is 4.99 Å². The van der Waals surface area contributed by atoms with E-state index in [0.717, 1.165) is 49.0 Å². The molecule has 2 aliphatic rings. The summed E-state index contributed by atoms with van der Waals surface area (Å²) in [5, 5.41) is 6.94. The number of guanidine groups is 1. The van der Waals surface area contributed by atoms with Crippen LogP contribution in [0.2, 0.25) is 0 Å². The van der Waals surface area contributed by atoms with Crippen LogP contribution in [0.25, 0.3) is 0 Å². The first kappa shape index (κ1) is 20.8. The van der Waals surface area contributed by atoms with E-state index in [1.54, 1.807) is 7.11 Å². The largest absolute Gasteiger partial charge is 0.497 e. The summed E-state index contributed by atoms with van der Waals surface area (Å²) in [5.41, 5.74) is 1.13. The van der Waals surface area contributed by atoms with Crippen LogP contribution in [0.4, 0.5) is 0 Å². The van der Waals surface area contributed by atoms with Gasteiger partial charge in [-0.25, -0.2) is 0 Å². The third-order valence-corrected chi connectivity index (χ3v) is 5.82. The Morgan fingerprint density at radius 3 is 2.71 bits per heavy atom. The van der Waals surface area contributed by atoms with Crippen LogP contribution in [0.5, 0.6) is 11.5 Å². The van der Waals surface area contributed by atoms with Gasteiger partial charge < -0.3 is 25.0 Å². The topological polar surface area (TPSA) is 58.1 Å². The van der Waals surface area contributed by atoms with Crippen molar-refractivity contribution in [2.24, 2.45) is 10.9 Å². The van der Waals surface area contributed by atoms with Gasteiger partial charge in [0.25, 0.3) is 0 Å². The van der Waals surface area contributed by atoms with Crippen molar-refractivity contribution in [3.8, 4) is 11.5 Å². The molecule has 1 aromatic rings. The maximum absolute atomic E-state index is 6.30. The molecule has 156 valence electrons. The van der Waals surface area contributed by atoms with Crippen molar-refractivity contribution in [1.29, 1.82) is 0 Å². The van der Waals surface area contributed by atoms with E-state index in [1.807, 2.05) is 19.2 Å². The summed E-state index contributed by atoms with van der Waals surface area (Å²) in [6.45, 7) is 4.00. The van der Waals surface area contributed by atoms with Gasteiger partial charge in [-0.1, -0.05) is 0 Å². The summed E-state index contributed by atoms with van der Waals surface area (Å²) >= 11 is 0. The molecule has 1 aromatic carbocycles. The van der Waals surface area contributed by atoms with Crippen LogP contribution in [0.15, 0.2) is 23.2 Å². The first-order chi connectivity index (χ1) is 13.7. The number of ether oxygens (including phenoxy) is 2. The Hall–Kier alpha value is -1.95. The number of nitrogens with zero attached hydrogens (tertiary/aromatic N) is 2.